The Balaban J connectivity index is 1.94. The van der Waals surface area contributed by atoms with Crippen molar-refractivity contribution in [2.75, 3.05) is 19.7 Å². The third-order valence-electron chi connectivity index (χ3n) is 3.24. The van der Waals surface area contributed by atoms with Gasteiger partial charge in [0.2, 0.25) is 11.7 Å². The molecule has 2 amide bonds. The largest absolute Gasteiger partial charge is 0.450 e. The van der Waals surface area contributed by atoms with E-state index >= 15 is 0 Å². The summed E-state index contributed by atoms with van der Waals surface area (Å²) in [5.74, 6) is -1.63. The first-order valence-electron chi connectivity index (χ1n) is 7.31. The number of halogens is 1. The van der Waals surface area contributed by atoms with Gasteiger partial charge in [-0.15, -0.1) is 0 Å². The summed E-state index contributed by atoms with van der Waals surface area (Å²) in [6.07, 6.45) is 0. The Morgan fingerprint density at radius 1 is 1.21 bits per heavy atom. The number of esters is 1. The smallest absolute Gasteiger partial charge is 0.375 e. The van der Waals surface area contributed by atoms with Gasteiger partial charge in [0.1, 0.15) is 5.58 Å². The van der Waals surface area contributed by atoms with E-state index in [1.165, 1.54) is 0 Å². The van der Waals surface area contributed by atoms with Crippen molar-refractivity contribution in [1.82, 2.24) is 10.6 Å². The highest BCUT2D eigenvalue weighted by Gasteiger charge is 2.20. The number of nitrogens with one attached hydrogen (secondary N) is 2. The number of furan rings is 1. The zero-order chi connectivity index (χ0) is 17.7. The molecule has 0 radical (unpaired) electrons. The van der Waals surface area contributed by atoms with Crippen molar-refractivity contribution < 1.29 is 23.5 Å². The number of hydrogen-bond donors (Lipinski definition) is 2. The van der Waals surface area contributed by atoms with Crippen molar-refractivity contribution in [1.29, 1.82) is 0 Å². The van der Waals surface area contributed by atoms with Crippen molar-refractivity contribution in [2.45, 2.75) is 13.8 Å². The highest BCUT2D eigenvalue weighted by atomic mass is 35.5. The second-order valence-corrected chi connectivity index (χ2v) is 5.44. The van der Waals surface area contributed by atoms with Crippen LogP contribution in [0, 0.1) is 6.92 Å². The van der Waals surface area contributed by atoms with Crippen LogP contribution in [-0.2, 0) is 14.3 Å². The van der Waals surface area contributed by atoms with Crippen LogP contribution < -0.4 is 10.6 Å². The molecular formula is C16H17ClN2O5. The molecule has 2 rings (SSSR count). The molecule has 0 fully saturated rings. The van der Waals surface area contributed by atoms with Crippen LogP contribution >= 0.6 is 11.6 Å². The van der Waals surface area contributed by atoms with E-state index in [9.17, 15) is 14.4 Å². The van der Waals surface area contributed by atoms with E-state index in [0.717, 1.165) is 0 Å². The van der Waals surface area contributed by atoms with Crippen molar-refractivity contribution >= 4 is 40.4 Å². The van der Waals surface area contributed by atoms with Crippen molar-refractivity contribution in [2.24, 2.45) is 0 Å². The van der Waals surface area contributed by atoms with E-state index in [4.69, 9.17) is 20.8 Å². The van der Waals surface area contributed by atoms with Gasteiger partial charge in [0, 0.05) is 22.5 Å². The number of ether oxygens (including phenoxy) is 1. The third-order valence-corrected chi connectivity index (χ3v) is 3.47. The predicted molar refractivity (Wildman–Crippen MR) is 87.9 cm³/mol. The van der Waals surface area contributed by atoms with E-state index in [1.54, 1.807) is 32.0 Å². The molecule has 7 nitrogen and oxygen atoms in total. The van der Waals surface area contributed by atoms with Crippen LogP contribution in [0.3, 0.4) is 0 Å². The minimum atomic E-state index is -0.756. The normalized spacial score (nSPS) is 10.5. The number of benzene rings is 1. The Kier molecular flexibility index (Phi) is 5.81. The van der Waals surface area contributed by atoms with Gasteiger partial charge in [-0.3, -0.25) is 9.59 Å². The molecule has 0 unspecified atom stereocenters. The molecule has 1 aromatic heterocycles. The molecule has 0 aliphatic carbocycles. The first kappa shape index (κ1) is 17.8. The lowest BCUT2D eigenvalue weighted by atomic mass is 10.1. The molecular weight excluding hydrogens is 336 g/mol. The highest BCUT2D eigenvalue weighted by Crippen LogP contribution is 2.28. The fourth-order valence-electron chi connectivity index (χ4n) is 2.07. The number of fused-ring (bicyclic) bond motifs is 1. The Hall–Kier alpha value is -2.54. The summed E-state index contributed by atoms with van der Waals surface area (Å²) in [5.41, 5.74) is 1.09. The Labute approximate surface area is 143 Å². The van der Waals surface area contributed by atoms with Crippen LogP contribution in [-0.4, -0.2) is 37.5 Å². The minimum absolute atomic E-state index is 0.0174. The van der Waals surface area contributed by atoms with Crippen LogP contribution in [0.15, 0.2) is 22.6 Å². The van der Waals surface area contributed by atoms with E-state index in [1.807, 2.05) is 0 Å². The van der Waals surface area contributed by atoms with Crippen molar-refractivity contribution in [3.63, 3.8) is 0 Å². The first-order valence-corrected chi connectivity index (χ1v) is 7.69. The van der Waals surface area contributed by atoms with Gasteiger partial charge in [-0.25, -0.2) is 4.79 Å². The topological polar surface area (TPSA) is 97.6 Å². The Morgan fingerprint density at radius 2 is 1.96 bits per heavy atom. The van der Waals surface area contributed by atoms with Gasteiger partial charge in [0.05, 0.1) is 6.54 Å². The van der Waals surface area contributed by atoms with E-state index in [0.29, 0.717) is 28.1 Å². The van der Waals surface area contributed by atoms with Crippen LogP contribution in [0.25, 0.3) is 11.0 Å². The summed E-state index contributed by atoms with van der Waals surface area (Å²) in [4.78, 5) is 34.8. The molecule has 0 saturated heterocycles. The standard InChI is InChI=1S/C16H17ClN2O5/c1-3-18-13(20)7-19-14(21)8-23-16(22)15-9(2)11-6-10(17)4-5-12(11)24-15/h4-6H,3,7-8H2,1-2H3,(H,18,20)(H,19,21). The number of likely N-dealkylation sites (N-methyl/N-ethyl adjacent to an activating group) is 1. The van der Waals surface area contributed by atoms with Crippen molar-refractivity contribution in [3.05, 3.63) is 34.5 Å². The number of rotatable bonds is 6. The Morgan fingerprint density at radius 3 is 2.67 bits per heavy atom. The lowest BCUT2D eigenvalue weighted by molar-refractivity contribution is -0.127. The molecule has 8 heteroatoms. The monoisotopic (exact) mass is 352 g/mol. The maximum absolute atomic E-state index is 12.1. The zero-order valence-corrected chi connectivity index (χ0v) is 14.0. The Bertz CT molecular complexity index is 784. The zero-order valence-electron chi connectivity index (χ0n) is 13.3. The fraction of sp³-hybridized carbons (Fsp3) is 0.312. The molecule has 0 atom stereocenters. The molecule has 1 heterocycles. The molecule has 0 spiro atoms. The number of amides is 2. The van der Waals surface area contributed by atoms with Gasteiger partial charge in [-0.05, 0) is 32.0 Å². The van der Waals surface area contributed by atoms with Crippen LogP contribution in [0.4, 0.5) is 0 Å². The van der Waals surface area contributed by atoms with Crippen LogP contribution in [0.2, 0.25) is 5.02 Å². The summed E-state index contributed by atoms with van der Waals surface area (Å²) in [7, 11) is 0. The molecule has 2 aromatic rings. The van der Waals surface area contributed by atoms with Gasteiger partial charge in [0.25, 0.3) is 5.91 Å². The minimum Gasteiger partial charge on any atom is -0.450 e. The van der Waals surface area contributed by atoms with Crippen LogP contribution in [0.1, 0.15) is 23.0 Å². The van der Waals surface area contributed by atoms with E-state index in [-0.39, 0.29) is 18.2 Å². The van der Waals surface area contributed by atoms with Gasteiger partial charge in [-0.1, -0.05) is 11.6 Å². The average Bonchev–Trinajstić information content (AvgIpc) is 2.87. The second-order valence-electron chi connectivity index (χ2n) is 5.00. The number of carbonyl (C=O) groups is 3. The highest BCUT2D eigenvalue weighted by molar-refractivity contribution is 6.31. The van der Waals surface area contributed by atoms with E-state index < -0.39 is 18.5 Å². The van der Waals surface area contributed by atoms with E-state index in [2.05, 4.69) is 10.6 Å². The molecule has 1 aromatic carbocycles. The summed E-state index contributed by atoms with van der Waals surface area (Å²) in [5, 5.41) is 6.11. The van der Waals surface area contributed by atoms with Gasteiger partial charge < -0.3 is 19.8 Å². The van der Waals surface area contributed by atoms with Gasteiger partial charge in [0.15, 0.2) is 6.61 Å². The van der Waals surface area contributed by atoms with Gasteiger partial charge >= 0.3 is 5.97 Å². The second kappa shape index (κ2) is 7.83. The molecule has 2 N–H and O–H groups in total. The molecule has 128 valence electrons. The maximum atomic E-state index is 12.1. The summed E-state index contributed by atoms with van der Waals surface area (Å²) < 4.78 is 10.4. The average molecular weight is 353 g/mol. The maximum Gasteiger partial charge on any atom is 0.375 e. The van der Waals surface area contributed by atoms with Crippen molar-refractivity contribution in [3.8, 4) is 0 Å². The molecule has 0 aliphatic heterocycles. The SMILES string of the molecule is CCNC(=O)CNC(=O)COC(=O)c1oc2ccc(Cl)cc2c1C. The quantitative estimate of drug-likeness (QED) is 0.772. The third kappa shape index (κ3) is 4.26. The van der Waals surface area contributed by atoms with Gasteiger partial charge in [-0.2, -0.15) is 0 Å². The molecule has 0 bridgehead atoms. The molecule has 24 heavy (non-hydrogen) atoms. The number of carbonyl (C=O) groups excluding carboxylic acids is 3. The first-order chi connectivity index (χ1) is 11.4. The predicted octanol–water partition coefficient (Wildman–Crippen LogP) is 1.80. The summed E-state index contributed by atoms with van der Waals surface area (Å²) in [6, 6.07) is 4.99. The number of hydrogen-bond acceptors (Lipinski definition) is 5. The molecule has 0 aliphatic rings. The van der Waals surface area contributed by atoms with Crippen LogP contribution in [0.5, 0.6) is 0 Å². The lowest BCUT2D eigenvalue weighted by Crippen LogP contribution is -2.38. The fourth-order valence-corrected chi connectivity index (χ4v) is 2.25. The summed E-state index contributed by atoms with van der Waals surface area (Å²) >= 11 is 5.92. The lowest BCUT2D eigenvalue weighted by Gasteiger charge is -2.06. The molecule has 0 saturated carbocycles. The number of aryl methyl sites for hydroxylation is 1. The summed E-state index contributed by atoms with van der Waals surface area (Å²) in [6.45, 7) is 3.26.